The average molecular weight is 773 g/mol. The van der Waals surface area contributed by atoms with E-state index in [-0.39, 0.29) is 22.3 Å². The number of carboxylic acid groups (broad SMARTS) is 2. The van der Waals surface area contributed by atoms with E-state index in [1.807, 2.05) is 53.2 Å². The number of rotatable bonds is 11. The van der Waals surface area contributed by atoms with Gasteiger partial charge in [-0.15, -0.1) is 23.1 Å². The average Bonchev–Trinajstić information content (AvgIpc) is 3.55. The number of hydrogen-bond acceptors (Lipinski definition) is 12. The molecular formula is C32H25Cl2N6O9S2+. The van der Waals surface area contributed by atoms with Gasteiger partial charge in [0.25, 0.3) is 11.8 Å². The van der Waals surface area contributed by atoms with Gasteiger partial charge in [0.15, 0.2) is 29.4 Å². The zero-order valence-electron chi connectivity index (χ0n) is 25.8. The van der Waals surface area contributed by atoms with E-state index in [4.69, 9.17) is 33.8 Å². The van der Waals surface area contributed by atoms with Crippen molar-refractivity contribution in [3.05, 3.63) is 98.8 Å². The van der Waals surface area contributed by atoms with Crippen LogP contribution in [0.1, 0.15) is 11.3 Å². The van der Waals surface area contributed by atoms with Gasteiger partial charge in [-0.3, -0.25) is 14.5 Å². The number of phenols is 2. The number of amides is 2. The second kappa shape index (κ2) is 14.1. The highest BCUT2D eigenvalue weighted by Crippen LogP contribution is 2.48. The van der Waals surface area contributed by atoms with Crippen molar-refractivity contribution in [2.24, 2.45) is 5.16 Å². The van der Waals surface area contributed by atoms with Crippen LogP contribution >= 0.6 is 46.3 Å². The van der Waals surface area contributed by atoms with Crippen LogP contribution in [0.2, 0.25) is 10.0 Å². The van der Waals surface area contributed by atoms with Crippen molar-refractivity contribution >= 4 is 92.3 Å². The number of aromatic hydroxyl groups is 2. The number of allylic oxidation sites excluding steroid dienone is 2. The topological polar surface area (TPSA) is 229 Å². The number of carbonyl (C=O) groups is 4. The summed E-state index contributed by atoms with van der Waals surface area (Å²) in [4.78, 5) is 61.6. The zero-order valence-corrected chi connectivity index (χ0v) is 28.9. The van der Waals surface area contributed by atoms with Gasteiger partial charge < -0.3 is 36.3 Å². The molecule has 3 atom stereocenters. The number of anilines is 1. The first-order chi connectivity index (χ1) is 24.3. The zero-order chi connectivity index (χ0) is 36.6. The van der Waals surface area contributed by atoms with Gasteiger partial charge in [-0.05, 0) is 29.8 Å². The normalized spacial score (nSPS) is 18.5. The number of carbonyl (C=O) groups excluding carboxylic acids is 2. The fourth-order valence-corrected chi connectivity index (χ4v) is 8.01. The Bertz CT molecular complexity index is 2210. The van der Waals surface area contributed by atoms with Crippen LogP contribution in [0.3, 0.4) is 0 Å². The smallest absolute Gasteiger partial charge is 0.362 e. The summed E-state index contributed by atoms with van der Waals surface area (Å²) in [6, 6.07) is 11.4. The molecule has 0 aliphatic carbocycles. The van der Waals surface area contributed by atoms with Crippen LogP contribution in [0.4, 0.5) is 5.13 Å². The molecule has 0 saturated carbocycles. The van der Waals surface area contributed by atoms with Crippen LogP contribution in [0.25, 0.3) is 10.9 Å². The molecule has 1 fully saturated rings. The highest BCUT2D eigenvalue weighted by Gasteiger charge is 2.54. The summed E-state index contributed by atoms with van der Waals surface area (Å²) in [6.45, 7) is 0.450. The SMILES string of the molecule is Nc1nc(C(ON=CC(=O)NC2C(=O)N3C(C(=O)O)=C(C=CC[n+]4cccc5ccccc54)CSC23)(C(=O)O)c2cc(O)c(O)c(Cl)c2Cl)cs1. The Balaban J connectivity index is 1.19. The van der Waals surface area contributed by atoms with E-state index < -0.39 is 67.9 Å². The van der Waals surface area contributed by atoms with Gasteiger partial charge in [-0.25, -0.2) is 14.6 Å². The number of fused-ring (bicyclic) bond motifs is 2. The maximum Gasteiger partial charge on any atom is 0.362 e. The molecule has 0 spiro atoms. The molecule has 3 unspecified atom stereocenters. The number of para-hydroxylation sites is 1. The van der Waals surface area contributed by atoms with Crippen LogP contribution < -0.4 is 15.6 Å². The minimum Gasteiger partial charge on any atom is -0.504 e. The van der Waals surface area contributed by atoms with E-state index in [9.17, 15) is 39.6 Å². The number of oxime groups is 1. The number of β-lactam (4-membered cyclic amide) rings is 1. The molecule has 2 aliphatic heterocycles. The number of phenolic OH excluding ortho intramolecular Hbond substituents is 2. The van der Waals surface area contributed by atoms with Crippen molar-refractivity contribution in [3.8, 4) is 11.5 Å². The lowest BCUT2D eigenvalue weighted by atomic mass is 9.90. The van der Waals surface area contributed by atoms with E-state index in [0.29, 0.717) is 18.3 Å². The fraction of sp³-hybridized carbons (Fsp3) is 0.156. The van der Waals surface area contributed by atoms with Crippen molar-refractivity contribution in [2.75, 3.05) is 11.5 Å². The lowest BCUT2D eigenvalue weighted by molar-refractivity contribution is -0.661. The highest BCUT2D eigenvalue weighted by atomic mass is 35.5. The number of nitrogen functional groups attached to an aromatic ring is 1. The number of thioether (sulfide) groups is 1. The largest absolute Gasteiger partial charge is 0.504 e. The quantitative estimate of drug-likeness (QED) is 0.0425. The molecule has 4 aromatic rings. The lowest BCUT2D eigenvalue weighted by Crippen LogP contribution is -2.70. The Morgan fingerprint density at radius 2 is 1.92 bits per heavy atom. The fourth-order valence-electron chi connectivity index (χ4n) is 5.61. The van der Waals surface area contributed by atoms with Gasteiger partial charge in [0.1, 0.15) is 34.0 Å². The molecule has 51 heavy (non-hydrogen) atoms. The molecule has 2 aromatic heterocycles. The second-order valence-electron chi connectivity index (χ2n) is 11.0. The van der Waals surface area contributed by atoms with Crippen molar-refractivity contribution in [2.45, 2.75) is 23.6 Å². The number of nitrogens with two attached hydrogens (primary N) is 1. The minimum atomic E-state index is -2.73. The van der Waals surface area contributed by atoms with Gasteiger partial charge in [0.05, 0.1) is 5.02 Å². The number of pyridine rings is 1. The first kappa shape index (κ1) is 35.5. The number of halogens is 2. The van der Waals surface area contributed by atoms with E-state index in [0.717, 1.165) is 33.2 Å². The number of aromatic nitrogens is 2. The summed E-state index contributed by atoms with van der Waals surface area (Å²) in [7, 11) is 0. The number of nitrogens with zero attached hydrogens (tertiary/aromatic N) is 4. The molecular weight excluding hydrogens is 747 g/mol. The third-order valence-corrected chi connectivity index (χ3v) is 10.8. The van der Waals surface area contributed by atoms with Crippen LogP contribution in [0.5, 0.6) is 11.5 Å². The molecule has 1 saturated heterocycles. The monoisotopic (exact) mass is 771 g/mol. The van der Waals surface area contributed by atoms with Crippen LogP contribution in [-0.2, 0) is 36.2 Å². The molecule has 4 heterocycles. The van der Waals surface area contributed by atoms with Crippen LogP contribution in [0.15, 0.2) is 82.6 Å². The Kier molecular flexibility index (Phi) is 9.81. The predicted molar refractivity (Wildman–Crippen MR) is 187 cm³/mol. The number of aliphatic carboxylic acids is 2. The summed E-state index contributed by atoms with van der Waals surface area (Å²) >= 11 is 14.4. The van der Waals surface area contributed by atoms with Crippen molar-refractivity contribution in [1.82, 2.24) is 15.2 Å². The van der Waals surface area contributed by atoms with E-state index in [2.05, 4.69) is 15.5 Å². The van der Waals surface area contributed by atoms with Crippen LogP contribution in [-0.4, -0.2) is 77.4 Å². The molecule has 19 heteroatoms. The van der Waals surface area contributed by atoms with Crippen LogP contribution in [0, 0.1) is 0 Å². The number of benzene rings is 2. The van der Waals surface area contributed by atoms with E-state index in [1.165, 1.54) is 17.1 Å². The summed E-state index contributed by atoms with van der Waals surface area (Å²) in [5.41, 5.74) is 3.36. The molecule has 15 nitrogen and oxygen atoms in total. The molecule has 2 aromatic carbocycles. The Hall–Kier alpha value is -5.36. The third-order valence-electron chi connectivity index (χ3n) is 7.99. The maximum absolute atomic E-state index is 13.2. The number of nitrogens with one attached hydrogen (secondary N) is 1. The number of thiazole rings is 1. The van der Waals surface area contributed by atoms with Crippen molar-refractivity contribution < 1.29 is 49.0 Å². The van der Waals surface area contributed by atoms with Gasteiger partial charge in [-0.1, -0.05) is 46.6 Å². The number of hydrogen-bond donors (Lipinski definition) is 6. The lowest BCUT2D eigenvalue weighted by Gasteiger charge is -2.49. The predicted octanol–water partition coefficient (Wildman–Crippen LogP) is 3.21. The van der Waals surface area contributed by atoms with E-state index in [1.54, 1.807) is 6.08 Å². The molecule has 2 aliphatic rings. The third kappa shape index (κ3) is 6.40. The highest BCUT2D eigenvalue weighted by molar-refractivity contribution is 8.00. The number of carboxylic acids is 2. The minimum absolute atomic E-state index is 0.0682. The molecule has 2 amide bonds. The molecule has 6 rings (SSSR count). The van der Waals surface area contributed by atoms with Gasteiger partial charge in [0, 0.05) is 34.2 Å². The maximum atomic E-state index is 13.2. The summed E-state index contributed by atoms with van der Waals surface area (Å²) in [5.74, 6) is -6.16. The van der Waals surface area contributed by atoms with Gasteiger partial charge in [0.2, 0.25) is 5.52 Å². The van der Waals surface area contributed by atoms with E-state index >= 15 is 0 Å². The molecule has 7 N–H and O–H groups in total. The summed E-state index contributed by atoms with van der Waals surface area (Å²) in [6.07, 6.45) is 5.94. The Morgan fingerprint density at radius 1 is 1.18 bits per heavy atom. The Labute approximate surface area is 305 Å². The van der Waals surface area contributed by atoms with Gasteiger partial charge in [-0.2, -0.15) is 4.57 Å². The molecule has 262 valence electrons. The molecule has 0 bridgehead atoms. The Morgan fingerprint density at radius 3 is 2.63 bits per heavy atom. The first-order valence-electron chi connectivity index (χ1n) is 14.7. The van der Waals surface area contributed by atoms with Crippen molar-refractivity contribution in [3.63, 3.8) is 0 Å². The van der Waals surface area contributed by atoms with Crippen molar-refractivity contribution in [1.29, 1.82) is 0 Å². The summed E-state index contributed by atoms with van der Waals surface area (Å²) in [5, 5.41) is 46.9. The molecule has 0 radical (unpaired) electrons. The van der Waals surface area contributed by atoms with Gasteiger partial charge >= 0.3 is 17.5 Å². The summed E-state index contributed by atoms with van der Waals surface area (Å²) < 4.78 is 2.00. The standard InChI is InChI=1S/C32H24Cl2N6O9S2/c33-22-17(11-19(41)26(43)23(22)34)32(30(47)48,20-14-51-31(35)37-20)49-36-12-21(42)38-24-27(44)40-25(29(45)46)16(13-50-28(24)40)7-4-10-39-9-3-6-15-5-1-2-8-18(15)39/h1-9,11-12,14,24,28H,10,13H2,(H6-,35,36,37,38,41,42,43,45,46,47,48)/p+1. The first-order valence-corrected chi connectivity index (χ1v) is 17.4. The second-order valence-corrected chi connectivity index (χ2v) is 13.8.